The molecular weight excluding hydrogens is 1130 g/mol. The average Bonchev–Trinajstić information content (AvgIpc) is 1.33. The molecule has 10 nitrogen and oxygen atoms in total. The fraction of sp³-hybridized carbons (Fsp3) is 0.368. The highest BCUT2D eigenvalue weighted by Gasteiger charge is 2.36. The molecule has 6 aromatic carbocycles. The third-order valence-corrected chi connectivity index (χ3v) is 20.0. The number of imide groups is 2. The summed E-state index contributed by atoms with van der Waals surface area (Å²) in [5, 5.41) is 26.6. The number of amides is 4. The van der Waals surface area contributed by atoms with E-state index in [0.29, 0.717) is 82.0 Å². The van der Waals surface area contributed by atoms with Crippen LogP contribution in [0.2, 0.25) is 0 Å². The minimum atomic E-state index is -0.249. The number of fused-ring (bicyclic) bond motifs is 1. The lowest BCUT2D eigenvalue weighted by atomic mass is 9.89. The summed E-state index contributed by atoms with van der Waals surface area (Å²) in [6.07, 6.45) is 19.9. The highest BCUT2D eigenvalue weighted by Crippen LogP contribution is 2.45. The molecule has 0 bridgehead atoms. The summed E-state index contributed by atoms with van der Waals surface area (Å²) >= 11 is 2.98. The maximum Gasteiger partial charge on any atom is 0.261 e. The van der Waals surface area contributed by atoms with E-state index in [1.54, 1.807) is 0 Å². The van der Waals surface area contributed by atoms with E-state index in [-0.39, 0.29) is 35.5 Å². The molecule has 2 aromatic heterocycles. The number of allylic oxidation sites excluding steroid dienone is 2. The SMILES string of the molecule is CCCCCCOc1c(/C=C(\C#N)c2ccc(-c3ccc4c5c(cccc35)C(=O)N(CC(CC)CCCC)C4=O)s2)ccc2c(OCCCCCC)c(/C=C(\C#N)c3ccc(-c4ccc5c6c(cccc46)C(=O)N(CC(CC)CCCC)C5=O)s3)ccc12. The van der Waals surface area contributed by atoms with E-state index in [4.69, 9.17) is 9.47 Å². The number of nitrogens with zero attached hydrogens (tertiary/aromatic N) is 4. The first kappa shape index (κ1) is 62.9. The van der Waals surface area contributed by atoms with Gasteiger partial charge in [-0.05, 0) is 132 Å². The standard InChI is InChI=1S/C76H80N4O6S2/c1-7-13-17-19-41-85-71-51(43-53(45-77)65-37-39-67(87-65)55-33-35-63-69-57(55)25-21-27-61(69)73(81)79(75(63)83)47-49(11-5)23-15-9-3)29-32-60-59(71)31-30-52(72(60)86-42-20-18-14-8-2)44-54(46-78)66-38-40-68(88-66)56-34-36-64-70-58(56)26-22-28-62(70)74(82)80(76(64)84)48-50(12-6)24-16-10-4/h21-22,25-40,43-44,49-50H,7-20,23-24,41-42,47-48H2,1-6H3/b53-43+,54-44+. The van der Waals surface area contributed by atoms with Gasteiger partial charge in [0, 0.05) is 87.5 Å². The van der Waals surface area contributed by atoms with E-state index in [1.807, 2.05) is 121 Å². The Morgan fingerprint density at radius 3 is 1.20 bits per heavy atom. The van der Waals surface area contributed by atoms with Crippen molar-refractivity contribution < 1.29 is 28.7 Å². The molecule has 10 rings (SSSR count). The van der Waals surface area contributed by atoms with Crippen LogP contribution in [0.5, 0.6) is 11.5 Å². The van der Waals surface area contributed by atoms with Crippen LogP contribution in [-0.4, -0.2) is 59.7 Å². The molecule has 8 aromatic rings. The molecule has 0 radical (unpaired) electrons. The summed E-state index contributed by atoms with van der Waals surface area (Å²) in [5.74, 6) is 0.785. The van der Waals surface area contributed by atoms with Crippen molar-refractivity contribution in [3.05, 3.63) is 152 Å². The number of carbonyl (C=O) groups excluding carboxylic acids is 4. The van der Waals surface area contributed by atoms with Crippen LogP contribution in [-0.2, 0) is 0 Å². The van der Waals surface area contributed by atoms with E-state index in [1.165, 1.54) is 32.5 Å². The fourth-order valence-electron chi connectivity index (χ4n) is 12.6. The second kappa shape index (κ2) is 29.2. The second-order valence-corrected chi connectivity index (χ2v) is 25.8. The Bertz CT molecular complexity index is 3770. The van der Waals surface area contributed by atoms with Crippen LogP contribution in [0.3, 0.4) is 0 Å². The Labute approximate surface area is 527 Å². The van der Waals surface area contributed by atoms with E-state index >= 15 is 0 Å². The fourth-order valence-corrected chi connectivity index (χ4v) is 14.7. The van der Waals surface area contributed by atoms with E-state index in [2.05, 4.69) is 53.7 Å². The third kappa shape index (κ3) is 13.0. The molecule has 2 aliphatic rings. The van der Waals surface area contributed by atoms with Crippen LogP contribution in [0.15, 0.2) is 109 Å². The molecule has 0 fully saturated rings. The summed E-state index contributed by atoms with van der Waals surface area (Å²) in [5.41, 5.74) is 6.34. The third-order valence-electron chi connectivity index (χ3n) is 17.7. The van der Waals surface area contributed by atoms with Crippen LogP contribution in [0.4, 0.5) is 0 Å². The summed E-state index contributed by atoms with van der Waals surface area (Å²) in [7, 11) is 0. The van der Waals surface area contributed by atoms with Gasteiger partial charge in [-0.2, -0.15) is 10.5 Å². The van der Waals surface area contributed by atoms with Gasteiger partial charge in [0.1, 0.15) is 23.6 Å². The lowest BCUT2D eigenvalue weighted by molar-refractivity contribution is 0.0565. The van der Waals surface area contributed by atoms with Gasteiger partial charge in [0.25, 0.3) is 23.6 Å². The Kier molecular flexibility index (Phi) is 20.9. The van der Waals surface area contributed by atoms with Gasteiger partial charge in [0.2, 0.25) is 0 Å². The zero-order valence-electron chi connectivity index (χ0n) is 51.9. The molecule has 0 spiro atoms. The predicted octanol–water partition coefficient (Wildman–Crippen LogP) is 20.3. The molecule has 452 valence electrons. The first-order chi connectivity index (χ1) is 43.0. The summed E-state index contributed by atoms with van der Waals surface area (Å²) in [4.78, 5) is 62.7. The lowest BCUT2D eigenvalue weighted by Crippen LogP contribution is -2.43. The van der Waals surface area contributed by atoms with Gasteiger partial charge in [0.15, 0.2) is 0 Å². The van der Waals surface area contributed by atoms with Crippen molar-refractivity contribution >= 4 is 102 Å². The van der Waals surface area contributed by atoms with Gasteiger partial charge in [0.05, 0.1) is 24.4 Å². The van der Waals surface area contributed by atoms with E-state index in [9.17, 15) is 29.7 Å². The van der Waals surface area contributed by atoms with Crippen molar-refractivity contribution in [2.75, 3.05) is 26.3 Å². The molecule has 0 N–H and O–H groups in total. The highest BCUT2D eigenvalue weighted by atomic mass is 32.1. The largest absolute Gasteiger partial charge is 0.492 e. The van der Waals surface area contributed by atoms with Crippen LogP contribution in [0, 0.1) is 34.5 Å². The van der Waals surface area contributed by atoms with Gasteiger partial charge >= 0.3 is 0 Å². The number of hydrogen-bond donors (Lipinski definition) is 0. The summed E-state index contributed by atoms with van der Waals surface area (Å²) in [6, 6.07) is 40.1. The van der Waals surface area contributed by atoms with Gasteiger partial charge in [-0.25, -0.2) is 0 Å². The Morgan fingerprint density at radius 2 is 0.830 bits per heavy atom. The maximum absolute atomic E-state index is 14.1. The molecule has 88 heavy (non-hydrogen) atoms. The van der Waals surface area contributed by atoms with Crippen molar-refractivity contribution in [2.45, 2.75) is 144 Å². The number of benzene rings is 6. The smallest absolute Gasteiger partial charge is 0.261 e. The number of carbonyl (C=O) groups is 4. The maximum atomic E-state index is 14.1. The van der Waals surface area contributed by atoms with Crippen LogP contribution >= 0.6 is 22.7 Å². The first-order valence-corrected chi connectivity index (χ1v) is 33.8. The molecule has 2 atom stereocenters. The summed E-state index contributed by atoms with van der Waals surface area (Å²) in [6.45, 7) is 14.7. The van der Waals surface area contributed by atoms with Crippen molar-refractivity contribution in [3.63, 3.8) is 0 Å². The molecule has 0 saturated heterocycles. The zero-order chi connectivity index (χ0) is 61.8. The molecule has 2 unspecified atom stereocenters. The van der Waals surface area contributed by atoms with Crippen molar-refractivity contribution in [1.29, 1.82) is 10.5 Å². The molecule has 0 saturated carbocycles. The van der Waals surface area contributed by atoms with E-state index in [0.717, 1.165) is 166 Å². The quantitative estimate of drug-likeness (QED) is 0.0246. The number of unbranched alkanes of at least 4 members (excludes halogenated alkanes) is 8. The van der Waals surface area contributed by atoms with E-state index < -0.39 is 0 Å². The molecule has 4 heterocycles. The van der Waals surface area contributed by atoms with Crippen LogP contribution < -0.4 is 9.47 Å². The molecule has 2 aliphatic heterocycles. The number of rotatable bonds is 30. The van der Waals surface area contributed by atoms with Gasteiger partial charge < -0.3 is 9.47 Å². The minimum absolute atomic E-state index is 0.246. The second-order valence-electron chi connectivity index (χ2n) is 23.6. The van der Waals surface area contributed by atoms with Crippen molar-refractivity contribution in [1.82, 2.24) is 9.80 Å². The van der Waals surface area contributed by atoms with Crippen molar-refractivity contribution in [2.24, 2.45) is 11.8 Å². The Balaban J connectivity index is 0.986. The van der Waals surface area contributed by atoms with Crippen LogP contribution in [0.25, 0.3) is 76.5 Å². The molecule has 0 aliphatic carbocycles. The highest BCUT2D eigenvalue weighted by molar-refractivity contribution is 7.17. The predicted molar refractivity (Wildman–Crippen MR) is 362 cm³/mol. The van der Waals surface area contributed by atoms with Crippen molar-refractivity contribution in [3.8, 4) is 44.5 Å². The summed E-state index contributed by atoms with van der Waals surface area (Å²) < 4.78 is 13.6. The number of nitriles is 2. The molecular formula is C76H80N4O6S2. The zero-order valence-corrected chi connectivity index (χ0v) is 53.5. The monoisotopic (exact) mass is 1210 g/mol. The minimum Gasteiger partial charge on any atom is -0.492 e. The Morgan fingerprint density at radius 1 is 0.443 bits per heavy atom. The number of hydrogen-bond acceptors (Lipinski definition) is 10. The average molecular weight is 1210 g/mol. The Hall–Kier alpha value is -8.16. The van der Waals surface area contributed by atoms with Crippen LogP contribution in [0.1, 0.15) is 207 Å². The van der Waals surface area contributed by atoms with Gasteiger partial charge in [-0.15, -0.1) is 22.7 Å². The number of thiophene rings is 2. The lowest BCUT2D eigenvalue weighted by Gasteiger charge is -2.30. The van der Waals surface area contributed by atoms with Gasteiger partial charge in [-0.3, -0.25) is 29.0 Å². The topological polar surface area (TPSA) is 141 Å². The van der Waals surface area contributed by atoms with Gasteiger partial charge in [-0.1, -0.05) is 167 Å². The normalized spacial score (nSPS) is 14.1. The number of ether oxygens (including phenoxy) is 2. The first-order valence-electron chi connectivity index (χ1n) is 32.1. The molecule has 12 heteroatoms. The molecule has 4 amide bonds.